The van der Waals surface area contributed by atoms with Crippen LogP contribution in [0.5, 0.6) is 5.75 Å². The number of nitrogens with two attached hydrogens (primary N) is 1. The smallest absolute Gasteiger partial charge is 0.166 e. The summed E-state index contributed by atoms with van der Waals surface area (Å²) in [5.74, 6) is 0.358. The summed E-state index contributed by atoms with van der Waals surface area (Å²) >= 11 is 0. The number of anilines is 1. The third kappa shape index (κ3) is 4.50. The molecule has 0 spiro atoms. The van der Waals surface area contributed by atoms with Crippen LogP contribution in [0.25, 0.3) is 22.6 Å². The van der Waals surface area contributed by atoms with E-state index in [-0.39, 0.29) is 18.1 Å². The van der Waals surface area contributed by atoms with Crippen LogP contribution in [-0.4, -0.2) is 56.6 Å². The molecule has 0 saturated carbocycles. The van der Waals surface area contributed by atoms with E-state index >= 15 is 0 Å². The van der Waals surface area contributed by atoms with Crippen LogP contribution >= 0.6 is 0 Å². The number of ether oxygens (including phenoxy) is 1. The van der Waals surface area contributed by atoms with E-state index in [0.717, 1.165) is 11.8 Å². The van der Waals surface area contributed by atoms with Crippen molar-refractivity contribution in [3.05, 3.63) is 59.7 Å². The zero-order chi connectivity index (χ0) is 22.8. The Hall–Kier alpha value is -3.66. The van der Waals surface area contributed by atoms with Crippen LogP contribution < -0.4 is 10.5 Å². The molecule has 3 heterocycles. The minimum atomic E-state index is -0.491. The Labute approximate surface area is 183 Å². The second-order valence-corrected chi connectivity index (χ2v) is 7.66. The molecule has 0 bridgehead atoms. The van der Waals surface area contributed by atoms with Gasteiger partial charge in [0, 0.05) is 18.3 Å². The average Bonchev–Trinajstić information content (AvgIpc) is 3.08. The summed E-state index contributed by atoms with van der Waals surface area (Å²) in [6, 6.07) is 5.99. The molecule has 0 saturated heterocycles. The molecule has 2 N–H and O–H groups in total. The topological polar surface area (TPSA) is 95.0 Å². The van der Waals surface area contributed by atoms with Gasteiger partial charge < -0.3 is 19.9 Å². The van der Waals surface area contributed by atoms with E-state index in [1.807, 2.05) is 19.0 Å². The zero-order valence-electron chi connectivity index (χ0n) is 18.0. The van der Waals surface area contributed by atoms with Crippen molar-refractivity contribution in [3.63, 3.8) is 0 Å². The lowest BCUT2D eigenvalue weighted by Crippen LogP contribution is -2.19. The van der Waals surface area contributed by atoms with Gasteiger partial charge in [0.25, 0.3) is 0 Å². The molecular formula is C22H23F2N7O. The number of aryl methyl sites for hydroxylation is 1. The van der Waals surface area contributed by atoms with Crippen molar-refractivity contribution in [3.8, 4) is 17.1 Å². The first-order valence-electron chi connectivity index (χ1n) is 9.99. The van der Waals surface area contributed by atoms with E-state index in [9.17, 15) is 8.78 Å². The highest BCUT2D eigenvalue weighted by Gasteiger charge is 2.19. The Bertz CT molecular complexity index is 1270. The number of halogens is 2. The number of hydrogen-bond donors (Lipinski definition) is 1. The first-order chi connectivity index (χ1) is 15.3. The molecule has 10 heteroatoms. The maximum atomic E-state index is 14.3. The second kappa shape index (κ2) is 8.83. The predicted octanol–water partition coefficient (Wildman–Crippen LogP) is 3.05. The largest absolute Gasteiger partial charge is 0.489 e. The first-order valence-corrected chi connectivity index (χ1v) is 9.99. The number of likely N-dealkylation sites (N-methyl/N-ethyl adjacent to an activating group) is 1. The molecule has 4 aromatic rings. The van der Waals surface area contributed by atoms with Crippen molar-refractivity contribution >= 4 is 17.0 Å². The summed E-state index contributed by atoms with van der Waals surface area (Å²) < 4.78 is 35.5. The molecule has 0 aliphatic heterocycles. The van der Waals surface area contributed by atoms with E-state index < -0.39 is 11.6 Å². The van der Waals surface area contributed by atoms with Gasteiger partial charge in [-0.1, -0.05) is 6.07 Å². The van der Waals surface area contributed by atoms with Gasteiger partial charge in [-0.15, -0.1) is 0 Å². The minimum absolute atomic E-state index is 0.160. The number of fused-ring (bicyclic) bond motifs is 1. The number of hydrogen-bond acceptors (Lipinski definition) is 7. The van der Waals surface area contributed by atoms with Crippen molar-refractivity contribution in [2.24, 2.45) is 0 Å². The fourth-order valence-electron chi connectivity index (χ4n) is 3.32. The second-order valence-electron chi connectivity index (χ2n) is 7.66. The SMILES string of the molecule is Cc1nc(N)c2nc(-c3cncc(F)c3)n(Cc3ccc(F)c(OCCN(C)C)c3)c2n1. The number of imidazole rings is 1. The molecule has 8 nitrogen and oxygen atoms in total. The number of aromatic nitrogens is 5. The summed E-state index contributed by atoms with van der Waals surface area (Å²) in [6.45, 7) is 3.01. The van der Waals surface area contributed by atoms with E-state index in [4.69, 9.17) is 10.5 Å². The highest BCUT2D eigenvalue weighted by atomic mass is 19.1. The van der Waals surface area contributed by atoms with Crippen LogP contribution in [0.1, 0.15) is 11.4 Å². The summed E-state index contributed by atoms with van der Waals surface area (Å²) in [5, 5.41) is 0. The van der Waals surface area contributed by atoms with E-state index in [0.29, 0.717) is 41.5 Å². The Kier molecular flexibility index (Phi) is 5.95. The molecule has 166 valence electrons. The van der Waals surface area contributed by atoms with Crippen LogP contribution in [0.4, 0.5) is 14.6 Å². The lowest BCUT2D eigenvalue weighted by molar-refractivity contribution is 0.252. The predicted molar refractivity (Wildman–Crippen MR) is 117 cm³/mol. The molecule has 32 heavy (non-hydrogen) atoms. The fourth-order valence-corrected chi connectivity index (χ4v) is 3.32. The van der Waals surface area contributed by atoms with Gasteiger partial charge in [-0.2, -0.15) is 0 Å². The molecular weight excluding hydrogens is 416 g/mol. The maximum absolute atomic E-state index is 14.3. The Morgan fingerprint density at radius 1 is 1.09 bits per heavy atom. The fraction of sp³-hybridized carbons (Fsp3) is 0.273. The van der Waals surface area contributed by atoms with E-state index in [2.05, 4.69) is 19.9 Å². The Balaban J connectivity index is 1.78. The quantitative estimate of drug-likeness (QED) is 0.473. The molecule has 0 atom stereocenters. The lowest BCUT2D eigenvalue weighted by atomic mass is 10.2. The van der Waals surface area contributed by atoms with Gasteiger partial charge in [-0.05, 0) is 44.8 Å². The molecule has 0 amide bonds. The third-order valence-corrected chi connectivity index (χ3v) is 4.83. The van der Waals surface area contributed by atoms with Gasteiger partial charge in [0.15, 0.2) is 28.5 Å². The van der Waals surface area contributed by atoms with Gasteiger partial charge in [-0.25, -0.2) is 23.7 Å². The number of benzene rings is 1. The van der Waals surface area contributed by atoms with Gasteiger partial charge >= 0.3 is 0 Å². The van der Waals surface area contributed by atoms with Gasteiger partial charge in [-0.3, -0.25) is 4.98 Å². The molecule has 1 aromatic carbocycles. The minimum Gasteiger partial charge on any atom is -0.489 e. The van der Waals surface area contributed by atoms with Gasteiger partial charge in [0.1, 0.15) is 24.1 Å². The van der Waals surface area contributed by atoms with Gasteiger partial charge in [0.05, 0.1) is 12.7 Å². The van der Waals surface area contributed by atoms with Crippen LogP contribution in [-0.2, 0) is 6.54 Å². The van der Waals surface area contributed by atoms with Crippen molar-refractivity contribution in [2.45, 2.75) is 13.5 Å². The van der Waals surface area contributed by atoms with Crippen LogP contribution in [0.15, 0.2) is 36.7 Å². The van der Waals surface area contributed by atoms with Crippen molar-refractivity contribution in [1.82, 2.24) is 29.4 Å². The van der Waals surface area contributed by atoms with Crippen molar-refractivity contribution < 1.29 is 13.5 Å². The van der Waals surface area contributed by atoms with Gasteiger partial charge in [0.2, 0.25) is 0 Å². The summed E-state index contributed by atoms with van der Waals surface area (Å²) in [5.41, 5.74) is 8.19. The molecule has 0 unspecified atom stereocenters. The highest BCUT2D eigenvalue weighted by Crippen LogP contribution is 2.28. The number of nitrogens with zero attached hydrogens (tertiary/aromatic N) is 6. The molecule has 0 radical (unpaired) electrons. The number of nitrogen functional groups attached to an aromatic ring is 1. The molecule has 0 aliphatic carbocycles. The molecule has 4 rings (SSSR count). The van der Waals surface area contributed by atoms with Crippen LogP contribution in [0, 0.1) is 18.6 Å². The molecule has 0 fully saturated rings. The standard InChI is InChI=1S/C22H23F2N7O/c1-13-27-20(25)19-22(28-13)31(21(29-19)15-9-16(23)11-26-10-15)12-14-4-5-17(24)18(8-14)32-7-6-30(2)3/h4-5,8-11H,6-7,12H2,1-3H3,(H2,25,27,28). The van der Waals surface area contributed by atoms with Crippen LogP contribution in [0.2, 0.25) is 0 Å². The summed E-state index contributed by atoms with van der Waals surface area (Å²) in [7, 11) is 3.83. The zero-order valence-corrected chi connectivity index (χ0v) is 18.0. The Morgan fingerprint density at radius 3 is 2.66 bits per heavy atom. The summed E-state index contributed by atoms with van der Waals surface area (Å²) in [4.78, 5) is 19.1. The average molecular weight is 439 g/mol. The van der Waals surface area contributed by atoms with Crippen molar-refractivity contribution in [1.29, 1.82) is 0 Å². The maximum Gasteiger partial charge on any atom is 0.166 e. The van der Waals surface area contributed by atoms with Crippen LogP contribution in [0.3, 0.4) is 0 Å². The number of rotatable bonds is 7. The Morgan fingerprint density at radius 2 is 1.91 bits per heavy atom. The van der Waals surface area contributed by atoms with E-state index in [1.165, 1.54) is 18.3 Å². The first kappa shape index (κ1) is 21.6. The molecule has 3 aromatic heterocycles. The van der Waals surface area contributed by atoms with Crippen molar-refractivity contribution in [2.75, 3.05) is 33.0 Å². The molecule has 0 aliphatic rings. The summed E-state index contributed by atoms with van der Waals surface area (Å²) in [6.07, 6.45) is 2.63. The lowest BCUT2D eigenvalue weighted by Gasteiger charge is -2.14. The van der Waals surface area contributed by atoms with E-state index in [1.54, 1.807) is 23.6 Å². The normalized spacial score (nSPS) is 11.4. The third-order valence-electron chi connectivity index (χ3n) is 4.83. The number of pyridine rings is 1. The highest BCUT2D eigenvalue weighted by molar-refractivity contribution is 5.85. The monoisotopic (exact) mass is 439 g/mol.